The molecule has 0 saturated heterocycles. The summed E-state index contributed by atoms with van der Waals surface area (Å²) in [5.74, 6) is 0.664. The molecule has 0 bridgehead atoms. The van der Waals surface area contributed by atoms with E-state index in [1.807, 2.05) is 6.07 Å². The first-order valence-electron chi connectivity index (χ1n) is 7.44. The number of carbonyl (C=O) groups excluding carboxylic acids is 1. The quantitative estimate of drug-likeness (QED) is 0.798. The third kappa shape index (κ3) is 6.87. The number of furan rings is 1. The van der Waals surface area contributed by atoms with Crippen molar-refractivity contribution in [2.24, 2.45) is 0 Å². The molecule has 0 saturated carbocycles. The second-order valence-electron chi connectivity index (χ2n) is 5.28. The molecule has 1 aromatic carbocycles. The molecule has 0 unspecified atom stereocenters. The molecule has 0 aliphatic carbocycles. The van der Waals surface area contributed by atoms with Crippen molar-refractivity contribution < 1.29 is 27.1 Å². The number of hydrogen-bond acceptors (Lipinski definition) is 3. The summed E-state index contributed by atoms with van der Waals surface area (Å²) in [6.07, 6.45) is -1.89. The third-order valence-corrected chi connectivity index (χ3v) is 3.23. The van der Waals surface area contributed by atoms with E-state index in [0.717, 1.165) is 11.3 Å². The third-order valence-electron chi connectivity index (χ3n) is 3.23. The molecule has 0 atom stereocenters. The van der Waals surface area contributed by atoms with Gasteiger partial charge in [0.25, 0.3) is 0 Å². The van der Waals surface area contributed by atoms with Crippen molar-refractivity contribution in [3.05, 3.63) is 59.5 Å². The molecule has 1 N–H and O–H groups in total. The molecule has 4 nitrogen and oxygen atoms in total. The Labute approximate surface area is 137 Å². The Balaban J connectivity index is 1.68. The fourth-order valence-electron chi connectivity index (χ4n) is 2.02. The molecule has 7 heteroatoms. The molecule has 1 heterocycles. The Morgan fingerprint density at radius 3 is 2.46 bits per heavy atom. The SMILES string of the molecule is O=C(CCc1ccco1)NCc1ccc(COCC(F)(F)F)cc1. The number of ether oxygens (including phenoxy) is 1. The normalized spacial score (nSPS) is 11.5. The van der Waals surface area contributed by atoms with Crippen molar-refractivity contribution in [2.75, 3.05) is 6.61 Å². The molecule has 0 aliphatic heterocycles. The Kier molecular flexibility index (Phi) is 6.43. The molecule has 0 aliphatic rings. The Morgan fingerprint density at radius 2 is 1.83 bits per heavy atom. The lowest BCUT2D eigenvalue weighted by Crippen LogP contribution is -2.22. The van der Waals surface area contributed by atoms with Gasteiger partial charge in [-0.2, -0.15) is 13.2 Å². The lowest BCUT2D eigenvalue weighted by molar-refractivity contribution is -0.176. The first-order valence-corrected chi connectivity index (χ1v) is 7.44. The predicted octanol–water partition coefficient (Wildman–Crippen LogP) is 3.61. The molecule has 0 fully saturated rings. The van der Waals surface area contributed by atoms with Crippen LogP contribution in [0.15, 0.2) is 47.1 Å². The van der Waals surface area contributed by atoms with Crippen LogP contribution >= 0.6 is 0 Å². The predicted molar refractivity (Wildman–Crippen MR) is 81.0 cm³/mol. The maximum atomic E-state index is 12.0. The van der Waals surface area contributed by atoms with Crippen LogP contribution in [0.2, 0.25) is 0 Å². The average molecular weight is 341 g/mol. The molecule has 2 rings (SSSR count). The van der Waals surface area contributed by atoms with Gasteiger partial charge in [0.2, 0.25) is 5.91 Å². The second kappa shape index (κ2) is 8.54. The number of nitrogens with one attached hydrogen (secondary N) is 1. The number of hydrogen-bond donors (Lipinski definition) is 1. The minimum atomic E-state index is -4.32. The van der Waals surface area contributed by atoms with Crippen molar-refractivity contribution in [1.82, 2.24) is 5.32 Å². The number of benzene rings is 1. The van der Waals surface area contributed by atoms with Gasteiger partial charge in [-0.3, -0.25) is 4.79 Å². The van der Waals surface area contributed by atoms with Gasteiger partial charge in [-0.1, -0.05) is 24.3 Å². The van der Waals surface area contributed by atoms with Crippen molar-refractivity contribution in [3.8, 4) is 0 Å². The van der Waals surface area contributed by atoms with E-state index in [9.17, 15) is 18.0 Å². The summed E-state index contributed by atoms with van der Waals surface area (Å²) in [6.45, 7) is -1.00. The van der Waals surface area contributed by atoms with Crippen LogP contribution in [0.1, 0.15) is 23.3 Å². The van der Waals surface area contributed by atoms with Gasteiger partial charge < -0.3 is 14.5 Å². The van der Waals surface area contributed by atoms with Gasteiger partial charge in [-0.15, -0.1) is 0 Å². The molecular weight excluding hydrogens is 323 g/mol. The van der Waals surface area contributed by atoms with Crippen molar-refractivity contribution in [2.45, 2.75) is 32.2 Å². The van der Waals surface area contributed by atoms with E-state index in [1.165, 1.54) is 0 Å². The largest absolute Gasteiger partial charge is 0.469 e. The zero-order chi connectivity index (χ0) is 17.4. The first-order chi connectivity index (χ1) is 11.4. The van der Waals surface area contributed by atoms with Gasteiger partial charge >= 0.3 is 6.18 Å². The summed E-state index contributed by atoms with van der Waals surface area (Å²) in [6, 6.07) is 10.4. The standard InChI is InChI=1S/C17H18F3NO3/c18-17(19,20)12-23-11-14-5-3-13(4-6-14)10-21-16(22)8-7-15-2-1-9-24-15/h1-6,9H,7-8,10-12H2,(H,21,22). The van der Waals surface area contributed by atoms with E-state index in [0.29, 0.717) is 24.9 Å². The Bertz CT molecular complexity index is 622. The number of rotatable bonds is 8. The highest BCUT2D eigenvalue weighted by Crippen LogP contribution is 2.15. The highest BCUT2D eigenvalue weighted by atomic mass is 19.4. The second-order valence-corrected chi connectivity index (χ2v) is 5.28. The molecule has 0 spiro atoms. The fraction of sp³-hybridized carbons (Fsp3) is 0.353. The molecule has 1 amide bonds. The maximum Gasteiger partial charge on any atom is 0.411 e. The van der Waals surface area contributed by atoms with Crippen LogP contribution in [0, 0.1) is 0 Å². The van der Waals surface area contributed by atoms with Crippen LogP contribution in [0.4, 0.5) is 13.2 Å². The van der Waals surface area contributed by atoms with E-state index < -0.39 is 12.8 Å². The monoisotopic (exact) mass is 341 g/mol. The maximum absolute atomic E-state index is 12.0. The molecule has 130 valence electrons. The highest BCUT2D eigenvalue weighted by Gasteiger charge is 2.27. The fourth-order valence-corrected chi connectivity index (χ4v) is 2.02. The number of aryl methyl sites for hydroxylation is 1. The van der Waals surface area contributed by atoms with E-state index in [1.54, 1.807) is 36.6 Å². The zero-order valence-corrected chi connectivity index (χ0v) is 12.9. The van der Waals surface area contributed by atoms with Crippen LogP contribution < -0.4 is 5.32 Å². The lowest BCUT2D eigenvalue weighted by atomic mass is 10.1. The molecule has 1 aromatic heterocycles. The zero-order valence-electron chi connectivity index (χ0n) is 12.9. The van der Waals surface area contributed by atoms with Crippen molar-refractivity contribution >= 4 is 5.91 Å². The van der Waals surface area contributed by atoms with Gasteiger partial charge in [0, 0.05) is 19.4 Å². The van der Waals surface area contributed by atoms with Crippen LogP contribution in [0.3, 0.4) is 0 Å². The first kappa shape index (κ1) is 18.1. The number of alkyl halides is 3. The smallest absolute Gasteiger partial charge is 0.411 e. The number of amides is 1. The van der Waals surface area contributed by atoms with Crippen molar-refractivity contribution in [1.29, 1.82) is 0 Å². The molecule has 24 heavy (non-hydrogen) atoms. The molecular formula is C17H18F3NO3. The number of carbonyl (C=O) groups is 1. The van der Waals surface area contributed by atoms with Crippen molar-refractivity contribution in [3.63, 3.8) is 0 Å². The molecule has 0 radical (unpaired) electrons. The molecule has 2 aromatic rings. The van der Waals surface area contributed by atoms with Crippen LogP contribution in [0.5, 0.6) is 0 Å². The average Bonchev–Trinajstić information content (AvgIpc) is 3.04. The summed E-state index contributed by atoms with van der Waals surface area (Å²) in [5.41, 5.74) is 1.51. The minimum absolute atomic E-state index is 0.0935. The van der Waals surface area contributed by atoms with E-state index in [-0.39, 0.29) is 12.5 Å². The van der Waals surface area contributed by atoms with Crippen LogP contribution in [-0.2, 0) is 29.1 Å². The van der Waals surface area contributed by atoms with E-state index >= 15 is 0 Å². The van der Waals surface area contributed by atoms with Crippen LogP contribution in [0.25, 0.3) is 0 Å². The van der Waals surface area contributed by atoms with Crippen LogP contribution in [-0.4, -0.2) is 18.7 Å². The van der Waals surface area contributed by atoms with E-state index in [2.05, 4.69) is 10.1 Å². The highest BCUT2D eigenvalue weighted by molar-refractivity contribution is 5.76. The summed E-state index contributed by atoms with van der Waals surface area (Å²) in [7, 11) is 0. The lowest BCUT2D eigenvalue weighted by Gasteiger charge is -2.09. The minimum Gasteiger partial charge on any atom is -0.469 e. The van der Waals surface area contributed by atoms with Gasteiger partial charge in [0.1, 0.15) is 12.4 Å². The summed E-state index contributed by atoms with van der Waals surface area (Å²) >= 11 is 0. The van der Waals surface area contributed by atoms with Gasteiger partial charge in [-0.05, 0) is 23.3 Å². The summed E-state index contributed by atoms with van der Waals surface area (Å²) in [5, 5.41) is 2.78. The summed E-state index contributed by atoms with van der Waals surface area (Å²) < 4.78 is 45.7. The Hall–Kier alpha value is -2.28. The van der Waals surface area contributed by atoms with E-state index in [4.69, 9.17) is 4.42 Å². The van der Waals surface area contributed by atoms with Gasteiger partial charge in [-0.25, -0.2) is 0 Å². The van der Waals surface area contributed by atoms with Gasteiger partial charge in [0.15, 0.2) is 0 Å². The topological polar surface area (TPSA) is 51.5 Å². The number of halogens is 3. The van der Waals surface area contributed by atoms with Gasteiger partial charge in [0.05, 0.1) is 12.9 Å². The Morgan fingerprint density at radius 1 is 1.12 bits per heavy atom. The summed E-state index contributed by atoms with van der Waals surface area (Å²) in [4.78, 5) is 11.7.